The van der Waals surface area contributed by atoms with Gasteiger partial charge in [0.25, 0.3) is 5.91 Å². The van der Waals surface area contributed by atoms with Crippen LogP contribution < -0.4 is 0 Å². The third-order valence-corrected chi connectivity index (χ3v) is 4.67. The Bertz CT molecular complexity index is 969. The summed E-state index contributed by atoms with van der Waals surface area (Å²) >= 11 is 6.04. The van der Waals surface area contributed by atoms with Gasteiger partial charge in [-0.2, -0.15) is 0 Å². The number of hydrogen-bond donors (Lipinski definition) is 0. The van der Waals surface area contributed by atoms with Gasteiger partial charge < -0.3 is 4.90 Å². The van der Waals surface area contributed by atoms with Crippen molar-refractivity contribution in [3.63, 3.8) is 0 Å². The van der Waals surface area contributed by atoms with Gasteiger partial charge >= 0.3 is 0 Å². The lowest BCUT2D eigenvalue weighted by molar-refractivity contribution is 0.0760. The van der Waals surface area contributed by atoms with Crippen LogP contribution >= 0.6 is 11.6 Å². The highest BCUT2D eigenvalue weighted by atomic mass is 35.5. The number of amides is 1. The third-order valence-electron chi connectivity index (χ3n) is 4.43. The van der Waals surface area contributed by atoms with Crippen LogP contribution in [0.25, 0.3) is 16.9 Å². The maximum atomic E-state index is 14.0. The molecule has 0 N–H and O–H groups in total. The van der Waals surface area contributed by atoms with E-state index >= 15 is 0 Å². The van der Waals surface area contributed by atoms with Gasteiger partial charge in [0.05, 0.1) is 17.8 Å². The number of imidazole rings is 1. The highest BCUT2D eigenvalue weighted by molar-refractivity contribution is 6.30. The van der Waals surface area contributed by atoms with E-state index in [1.807, 2.05) is 22.8 Å². The number of carbonyl (C=O) groups excluding carboxylic acids is 1. The normalized spacial score (nSPS) is 20.4. The molecule has 1 fully saturated rings. The van der Waals surface area contributed by atoms with Crippen molar-refractivity contribution in [2.24, 2.45) is 0 Å². The molecule has 1 aliphatic rings. The van der Waals surface area contributed by atoms with Crippen molar-refractivity contribution in [2.75, 3.05) is 13.1 Å². The zero-order valence-electron chi connectivity index (χ0n) is 13.6. The van der Waals surface area contributed by atoms with E-state index in [9.17, 15) is 9.18 Å². The zero-order valence-corrected chi connectivity index (χ0v) is 14.4. The number of alkyl halides is 1. The smallest absolute Gasteiger partial charge is 0.255 e. The summed E-state index contributed by atoms with van der Waals surface area (Å²) in [6.45, 7) is 2.05. The Labute approximate surface area is 149 Å². The van der Waals surface area contributed by atoms with Crippen LogP contribution in [0.15, 0.2) is 42.9 Å². The Kier molecular flexibility index (Phi) is 3.72. The molecule has 0 bridgehead atoms. The Morgan fingerprint density at radius 3 is 2.88 bits per heavy atom. The summed E-state index contributed by atoms with van der Waals surface area (Å²) < 4.78 is 15.8. The highest BCUT2D eigenvalue weighted by Crippen LogP contribution is 2.26. The minimum Gasteiger partial charge on any atom is -0.335 e. The van der Waals surface area contributed by atoms with Crippen LogP contribution in [-0.2, 0) is 0 Å². The van der Waals surface area contributed by atoms with Gasteiger partial charge in [-0.1, -0.05) is 17.7 Å². The van der Waals surface area contributed by atoms with Crippen LogP contribution in [0.5, 0.6) is 0 Å². The van der Waals surface area contributed by atoms with Gasteiger partial charge in [-0.05, 0) is 31.2 Å². The highest BCUT2D eigenvalue weighted by Gasteiger charge is 2.36. The Hall–Kier alpha value is -2.47. The summed E-state index contributed by atoms with van der Waals surface area (Å²) in [5.74, 6) is -0.215. The fourth-order valence-electron chi connectivity index (χ4n) is 3.11. The van der Waals surface area contributed by atoms with E-state index in [0.717, 1.165) is 5.69 Å². The number of nitrogens with zero attached hydrogens (tertiary/aromatic N) is 4. The Balaban J connectivity index is 1.67. The molecule has 0 saturated carbocycles. The Morgan fingerprint density at radius 2 is 2.16 bits per heavy atom. The number of pyridine rings is 1. The maximum Gasteiger partial charge on any atom is 0.255 e. The van der Waals surface area contributed by atoms with Crippen LogP contribution in [0.1, 0.15) is 23.7 Å². The quantitative estimate of drug-likeness (QED) is 0.702. The van der Waals surface area contributed by atoms with Crippen LogP contribution in [0, 0.1) is 0 Å². The second-order valence-corrected chi connectivity index (χ2v) is 6.99. The molecule has 3 heterocycles. The summed E-state index contributed by atoms with van der Waals surface area (Å²) in [7, 11) is 0. The van der Waals surface area contributed by atoms with Crippen molar-refractivity contribution in [1.82, 2.24) is 19.4 Å². The number of hydrogen-bond acceptors (Lipinski definition) is 3. The first kappa shape index (κ1) is 16.0. The number of rotatable bonds is 2. The van der Waals surface area contributed by atoms with E-state index in [1.165, 1.54) is 18.0 Å². The van der Waals surface area contributed by atoms with Crippen molar-refractivity contribution in [2.45, 2.75) is 19.0 Å². The zero-order chi connectivity index (χ0) is 17.6. The molecule has 1 aliphatic heterocycles. The SMILES string of the molecule is CC1(F)CCN(C(=O)c2cnc3c(c2)ncn3-c2cccc(Cl)c2)C1. The fraction of sp³-hybridized carbons (Fsp3) is 0.278. The van der Waals surface area contributed by atoms with Crippen LogP contribution in [0.4, 0.5) is 4.39 Å². The molecule has 1 unspecified atom stereocenters. The van der Waals surface area contributed by atoms with Gasteiger partial charge in [-0.15, -0.1) is 0 Å². The molecule has 1 atom stereocenters. The van der Waals surface area contributed by atoms with Gasteiger partial charge in [0.15, 0.2) is 5.65 Å². The average Bonchev–Trinajstić information content (AvgIpc) is 3.16. The molecular weight excluding hydrogens is 343 g/mol. The predicted octanol–water partition coefficient (Wildman–Crippen LogP) is 3.65. The van der Waals surface area contributed by atoms with Crippen LogP contribution in [-0.4, -0.2) is 44.1 Å². The van der Waals surface area contributed by atoms with Gasteiger partial charge in [0.1, 0.15) is 17.5 Å². The average molecular weight is 359 g/mol. The molecule has 25 heavy (non-hydrogen) atoms. The number of benzene rings is 1. The molecule has 1 aromatic carbocycles. The first-order valence-corrected chi connectivity index (χ1v) is 8.38. The van der Waals surface area contributed by atoms with Crippen LogP contribution in [0.3, 0.4) is 0 Å². The number of fused-ring (bicyclic) bond motifs is 1. The van der Waals surface area contributed by atoms with Gasteiger partial charge in [-0.25, -0.2) is 14.4 Å². The molecule has 0 radical (unpaired) electrons. The molecule has 0 spiro atoms. The number of carbonyl (C=O) groups is 1. The topological polar surface area (TPSA) is 51.0 Å². The molecule has 5 nitrogen and oxygen atoms in total. The molecule has 3 aromatic rings. The molecular formula is C18H16ClFN4O. The second kappa shape index (κ2) is 5.81. The number of aromatic nitrogens is 3. The third kappa shape index (κ3) is 2.98. The molecule has 128 valence electrons. The standard InChI is InChI=1S/C18H16ClFN4O/c1-18(20)5-6-23(10-18)17(25)12-7-15-16(21-9-12)24(11-22-15)14-4-2-3-13(19)8-14/h2-4,7-9,11H,5-6,10H2,1H3. The van der Waals surface area contributed by atoms with Gasteiger partial charge in [0.2, 0.25) is 0 Å². The van der Waals surface area contributed by atoms with E-state index in [4.69, 9.17) is 11.6 Å². The lowest BCUT2D eigenvalue weighted by atomic mass is 10.1. The van der Waals surface area contributed by atoms with Gasteiger partial charge in [0, 0.05) is 24.2 Å². The number of likely N-dealkylation sites (tertiary alicyclic amines) is 1. The largest absolute Gasteiger partial charge is 0.335 e. The van der Waals surface area contributed by atoms with Crippen molar-refractivity contribution in [3.8, 4) is 5.69 Å². The van der Waals surface area contributed by atoms with E-state index < -0.39 is 5.67 Å². The first-order valence-electron chi connectivity index (χ1n) is 8.00. The minimum atomic E-state index is -1.32. The molecule has 4 rings (SSSR count). The van der Waals surface area contributed by atoms with Crippen molar-refractivity contribution < 1.29 is 9.18 Å². The second-order valence-electron chi connectivity index (χ2n) is 6.55. The van der Waals surface area contributed by atoms with E-state index in [-0.39, 0.29) is 12.5 Å². The minimum absolute atomic E-state index is 0.112. The molecule has 2 aromatic heterocycles. The van der Waals surface area contributed by atoms with E-state index in [1.54, 1.807) is 18.5 Å². The van der Waals surface area contributed by atoms with Crippen LogP contribution in [0.2, 0.25) is 5.02 Å². The lowest BCUT2D eigenvalue weighted by Gasteiger charge is -2.17. The first-order chi connectivity index (χ1) is 11.9. The van der Waals surface area contributed by atoms with E-state index in [2.05, 4.69) is 9.97 Å². The molecule has 1 amide bonds. The van der Waals surface area contributed by atoms with Crippen molar-refractivity contribution in [3.05, 3.63) is 53.4 Å². The number of halogens is 2. The summed E-state index contributed by atoms with van der Waals surface area (Å²) in [6, 6.07) is 9.06. The lowest BCUT2D eigenvalue weighted by Crippen LogP contribution is -2.31. The summed E-state index contributed by atoms with van der Waals surface area (Å²) in [6.07, 6.45) is 3.52. The summed E-state index contributed by atoms with van der Waals surface area (Å²) in [4.78, 5) is 22.8. The van der Waals surface area contributed by atoms with Crippen molar-refractivity contribution >= 4 is 28.7 Å². The fourth-order valence-corrected chi connectivity index (χ4v) is 3.30. The van der Waals surface area contributed by atoms with Crippen molar-refractivity contribution in [1.29, 1.82) is 0 Å². The predicted molar refractivity (Wildman–Crippen MR) is 93.9 cm³/mol. The summed E-state index contributed by atoms with van der Waals surface area (Å²) in [5, 5.41) is 0.620. The Morgan fingerprint density at radius 1 is 1.32 bits per heavy atom. The van der Waals surface area contributed by atoms with E-state index in [0.29, 0.717) is 34.7 Å². The van der Waals surface area contributed by atoms with Gasteiger partial charge in [-0.3, -0.25) is 9.36 Å². The summed E-state index contributed by atoms with van der Waals surface area (Å²) in [5.41, 5.74) is 1.18. The molecule has 0 aliphatic carbocycles. The monoisotopic (exact) mass is 358 g/mol. The molecule has 1 saturated heterocycles. The molecule has 7 heteroatoms. The maximum absolute atomic E-state index is 14.0.